The molecule has 1 atom stereocenters. The van der Waals surface area contributed by atoms with Crippen LogP contribution >= 0.6 is 0 Å². The van der Waals surface area contributed by atoms with Crippen LogP contribution in [0.15, 0.2) is 30.3 Å². The van der Waals surface area contributed by atoms with E-state index in [1.54, 1.807) is 0 Å². The molecule has 1 aliphatic heterocycles. The molecular weight excluding hydrogens is 290 g/mol. The van der Waals surface area contributed by atoms with Crippen molar-refractivity contribution in [2.75, 3.05) is 26.2 Å². The molecule has 1 aliphatic rings. The Hall–Kier alpha value is -1.88. The lowest BCUT2D eigenvalue weighted by Crippen LogP contribution is -2.47. The molecule has 1 heterocycles. The van der Waals surface area contributed by atoms with Crippen LogP contribution in [0.1, 0.15) is 38.3 Å². The second-order valence-corrected chi connectivity index (χ2v) is 6.04. The summed E-state index contributed by atoms with van der Waals surface area (Å²) >= 11 is 0. The van der Waals surface area contributed by atoms with Gasteiger partial charge in [0.1, 0.15) is 6.04 Å². The number of benzene rings is 1. The Morgan fingerprint density at radius 2 is 1.74 bits per heavy atom. The topological polar surface area (TPSA) is 66.6 Å². The van der Waals surface area contributed by atoms with Gasteiger partial charge in [0.15, 0.2) is 0 Å². The minimum Gasteiger partial charge on any atom is -0.369 e. The van der Waals surface area contributed by atoms with E-state index >= 15 is 0 Å². The van der Waals surface area contributed by atoms with Crippen molar-refractivity contribution < 1.29 is 9.59 Å². The number of hydrogen-bond donors (Lipinski definition) is 1. The number of primary amides is 1. The van der Waals surface area contributed by atoms with Gasteiger partial charge in [0.2, 0.25) is 11.8 Å². The van der Waals surface area contributed by atoms with Crippen LogP contribution in [0.3, 0.4) is 0 Å². The van der Waals surface area contributed by atoms with Crippen LogP contribution in [-0.4, -0.2) is 47.8 Å². The molecule has 1 aromatic carbocycles. The van der Waals surface area contributed by atoms with Crippen LogP contribution in [0, 0.1) is 5.92 Å². The van der Waals surface area contributed by atoms with Crippen molar-refractivity contribution in [1.82, 2.24) is 9.80 Å². The van der Waals surface area contributed by atoms with E-state index in [-0.39, 0.29) is 23.8 Å². The van der Waals surface area contributed by atoms with Crippen molar-refractivity contribution in [2.45, 2.75) is 32.7 Å². The summed E-state index contributed by atoms with van der Waals surface area (Å²) in [6.45, 7) is 6.86. The summed E-state index contributed by atoms with van der Waals surface area (Å²) in [5.41, 5.74) is 6.43. The summed E-state index contributed by atoms with van der Waals surface area (Å²) in [6, 6.07) is 9.63. The van der Waals surface area contributed by atoms with Gasteiger partial charge >= 0.3 is 0 Å². The first-order valence-corrected chi connectivity index (χ1v) is 8.45. The zero-order valence-corrected chi connectivity index (χ0v) is 14.1. The monoisotopic (exact) mass is 317 g/mol. The first kappa shape index (κ1) is 17.5. The van der Waals surface area contributed by atoms with Gasteiger partial charge in [-0.15, -0.1) is 0 Å². The third kappa shape index (κ3) is 4.10. The summed E-state index contributed by atoms with van der Waals surface area (Å²) in [5, 5.41) is 0. The predicted molar refractivity (Wildman–Crippen MR) is 90.6 cm³/mol. The highest BCUT2D eigenvalue weighted by atomic mass is 16.2. The van der Waals surface area contributed by atoms with Crippen LogP contribution in [0.2, 0.25) is 0 Å². The molecule has 23 heavy (non-hydrogen) atoms. The van der Waals surface area contributed by atoms with Gasteiger partial charge in [-0.05, 0) is 45.3 Å². The molecule has 0 aromatic heterocycles. The molecule has 126 valence electrons. The van der Waals surface area contributed by atoms with Crippen molar-refractivity contribution >= 4 is 11.8 Å². The molecule has 0 aliphatic carbocycles. The van der Waals surface area contributed by atoms with Crippen molar-refractivity contribution in [3.8, 4) is 0 Å². The Labute approximate surface area is 138 Å². The fourth-order valence-electron chi connectivity index (χ4n) is 3.30. The number of piperidine rings is 1. The highest BCUT2D eigenvalue weighted by Gasteiger charge is 2.34. The van der Waals surface area contributed by atoms with Crippen LogP contribution in [0.5, 0.6) is 0 Å². The lowest BCUT2D eigenvalue weighted by Gasteiger charge is -2.38. The normalized spacial score (nSPS) is 17.7. The van der Waals surface area contributed by atoms with Gasteiger partial charge in [0, 0.05) is 19.0 Å². The first-order valence-electron chi connectivity index (χ1n) is 8.45. The fourth-order valence-corrected chi connectivity index (χ4v) is 3.30. The largest absolute Gasteiger partial charge is 0.369 e. The molecule has 5 heteroatoms. The fraction of sp³-hybridized carbons (Fsp3) is 0.556. The maximum absolute atomic E-state index is 13.0. The Kier molecular flexibility index (Phi) is 6.16. The van der Waals surface area contributed by atoms with Gasteiger partial charge in [0.25, 0.3) is 0 Å². The molecule has 2 N–H and O–H groups in total. The first-order chi connectivity index (χ1) is 11.1. The molecule has 5 nitrogen and oxygen atoms in total. The molecule has 0 radical (unpaired) electrons. The lowest BCUT2D eigenvalue weighted by atomic mass is 9.93. The summed E-state index contributed by atoms with van der Waals surface area (Å²) in [4.78, 5) is 28.4. The van der Waals surface area contributed by atoms with Crippen molar-refractivity contribution in [1.29, 1.82) is 0 Å². The standard InChI is InChI=1S/C18H27N3O2/c1-3-20(4-2)18(23)16(14-8-6-5-7-9-14)21-12-10-15(11-13-21)17(19)22/h5-9,15-16H,3-4,10-13H2,1-2H3,(H2,19,22). The SMILES string of the molecule is CCN(CC)C(=O)C(c1ccccc1)N1CCC(C(N)=O)CC1. The molecule has 0 saturated carbocycles. The average Bonchev–Trinajstić information content (AvgIpc) is 2.57. The number of nitrogens with two attached hydrogens (primary N) is 1. The Morgan fingerprint density at radius 1 is 1.17 bits per heavy atom. The lowest BCUT2D eigenvalue weighted by molar-refractivity contribution is -0.137. The zero-order valence-electron chi connectivity index (χ0n) is 14.1. The molecule has 1 unspecified atom stereocenters. The van der Waals surface area contributed by atoms with Gasteiger partial charge in [-0.3, -0.25) is 14.5 Å². The second kappa shape index (κ2) is 8.11. The number of amides is 2. The van der Waals surface area contributed by atoms with E-state index in [0.29, 0.717) is 13.1 Å². The Morgan fingerprint density at radius 3 is 2.22 bits per heavy atom. The zero-order chi connectivity index (χ0) is 16.8. The van der Waals surface area contributed by atoms with Crippen molar-refractivity contribution in [3.63, 3.8) is 0 Å². The molecule has 1 fully saturated rings. The highest BCUT2D eigenvalue weighted by Crippen LogP contribution is 2.28. The average molecular weight is 317 g/mol. The summed E-state index contributed by atoms with van der Waals surface area (Å²) < 4.78 is 0. The van der Waals surface area contributed by atoms with Gasteiger partial charge in [-0.2, -0.15) is 0 Å². The summed E-state index contributed by atoms with van der Waals surface area (Å²) in [7, 11) is 0. The number of hydrogen-bond acceptors (Lipinski definition) is 3. The van der Waals surface area contributed by atoms with E-state index in [9.17, 15) is 9.59 Å². The second-order valence-electron chi connectivity index (χ2n) is 6.04. The number of carbonyl (C=O) groups is 2. The number of likely N-dealkylation sites (N-methyl/N-ethyl adjacent to an activating group) is 1. The van der Waals surface area contributed by atoms with E-state index in [2.05, 4.69) is 4.90 Å². The minimum absolute atomic E-state index is 0.0637. The Bertz CT molecular complexity index is 520. The third-order valence-corrected chi connectivity index (χ3v) is 4.72. The van der Waals surface area contributed by atoms with E-state index in [1.807, 2.05) is 49.1 Å². The molecule has 2 amide bonds. The number of carbonyl (C=O) groups excluding carboxylic acids is 2. The molecule has 1 saturated heterocycles. The summed E-state index contributed by atoms with van der Waals surface area (Å²) in [5.74, 6) is -0.152. The van der Waals surface area contributed by atoms with Gasteiger partial charge in [0.05, 0.1) is 0 Å². The number of rotatable bonds is 6. The van der Waals surface area contributed by atoms with Crippen molar-refractivity contribution in [2.24, 2.45) is 11.7 Å². The maximum Gasteiger partial charge on any atom is 0.244 e. The predicted octanol–water partition coefficient (Wildman–Crippen LogP) is 1.79. The van der Waals surface area contributed by atoms with Gasteiger partial charge < -0.3 is 10.6 Å². The van der Waals surface area contributed by atoms with E-state index in [1.165, 1.54) is 0 Å². The van der Waals surface area contributed by atoms with E-state index in [0.717, 1.165) is 31.5 Å². The number of nitrogens with zero attached hydrogens (tertiary/aromatic N) is 2. The van der Waals surface area contributed by atoms with Crippen molar-refractivity contribution in [3.05, 3.63) is 35.9 Å². The smallest absolute Gasteiger partial charge is 0.244 e. The number of likely N-dealkylation sites (tertiary alicyclic amines) is 1. The highest BCUT2D eigenvalue weighted by molar-refractivity contribution is 5.83. The van der Waals surface area contributed by atoms with Gasteiger partial charge in [-0.1, -0.05) is 30.3 Å². The molecule has 0 bridgehead atoms. The summed E-state index contributed by atoms with van der Waals surface area (Å²) in [6.07, 6.45) is 1.45. The molecule has 1 aromatic rings. The quantitative estimate of drug-likeness (QED) is 0.870. The molecular formula is C18H27N3O2. The molecule has 0 spiro atoms. The molecule has 2 rings (SSSR count). The van der Waals surface area contributed by atoms with E-state index < -0.39 is 0 Å². The van der Waals surface area contributed by atoms with E-state index in [4.69, 9.17) is 5.73 Å². The van der Waals surface area contributed by atoms with Gasteiger partial charge in [-0.25, -0.2) is 0 Å². The maximum atomic E-state index is 13.0. The third-order valence-electron chi connectivity index (χ3n) is 4.72. The van der Waals surface area contributed by atoms with Crippen LogP contribution in [-0.2, 0) is 9.59 Å². The van der Waals surface area contributed by atoms with Crippen LogP contribution < -0.4 is 5.73 Å². The van der Waals surface area contributed by atoms with Crippen LogP contribution in [0.25, 0.3) is 0 Å². The minimum atomic E-state index is -0.273. The van der Waals surface area contributed by atoms with Crippen LogP contribution in [0.4, 0.5) is 0 Å². The Balaban J connectivity index is 2.21.